The molecule has 2 aromatic rings. The summed E-state index contributed by atoms with van der Waals surface area (Å²) < 4.78 is 0. The number of amides is 2. The summed E-state index contributed by atoms with van der Waals surface area (Å²) in [5.41, 5.74) is 4.71. The van der Waals surface area contributed by atoms with Crippen molar-refractivity contribution in [3.05, 3.63) is 59.7 Å². The highest BCUT2D eigenvalue weighted by molar-refractivity contribution is 5.96. The van der Waals surface area contributed by atoms with E-state index in [2.05, 4.69) is 48.6 Å². The van der Waals surface area contributed by atoms with E-state index in [0.717, 1.165) is 17.5 Å². The summed E-state index contributed by atoms with van der Waals surface area (Å²) in [6.45, 7) is 3.86. The van der Waals surface area contributed by atoms with Crippen LogP contribution >= 0.6 is 0 Å². The Kier molecular flexibility index (Phi) is 4.88. The summed E-state index contributed by atoms with van der Waals surface area (Å²) in [6.07, 6.45) is 1.54. The van der Waals surface area contributed by atoms with Crippen LogP contribution in [-0.4, -0.2) is 35.8 Å². The summed E-state index contributed by atoms with van der Waals surface area (Å²) in [5.74, 6) is -0.132. The normalized spacial score (nSPS) is 20.5. The van der Waals surface area contributed by atoms with E-state index in [0.29, 0.717) is 6.42 Å². The lowest BCUT2D eigenvalue weighted by Crippen LogP contribution is -2.61. The molecule has 1 unspecified atom stereocenters. The molecule has 25 heavy (non-hydrogen) atoms. The summed E-state index contributed by atoms with van der Waals surface area (Å²) in [4.78, 5) is 25.9. The van der Waals surface area contributed by atoms with E-state index in [1.165, 1.54) is 11.1 Å². The van der Waals surface area contributed by atoms with Gasteiger partial charge in [-0.15, -0.1) is 0 Å². The monoisotopic (exact) mass is 336 g/mol. The molecule has 0 aliphatic carbocycles. The molecular formula is C21H24N2O2. The van der Waals surface area contributed by atoms with Crippen molar-refractivity contribution in [3.8, 4) is 11.1 Å². The second kappa shape index (κ2) is 7.09. The minimum Gasteiger partial charge on any atom is -0.343 e. The minimum absolute atomic E-state index is 0.0439. The van der Waals surface area contributed by atoms with Gasteiger partial charge in [-0.2, -0.15) is 0 Å². The molecule has 1 heterocycles. The van der Waals surface area contributed by atoms with E-state index < -0.39 is 12.1 Å². The molecule has 1 aliphatic rings. The van der Waals surface area contributed by atoms with Crippen LogP contribution in [0.25, 0.3) is 11.1 Å². The van der Waals surface area contributed by atoms with Crippen LogP contribution in [0.3, 0.4) is 0 Å². The van der Waals surface area contributed by atoms with Crippen molar-refractivity contribution >= 4 is 11.8 Å². The highest BCUT2D eigenvalue weighted by atomic mass is 16.2. The van der Waals surface area contributed by atoms with Crippen LogP contribution in [0, 0.1) is 0 Å². The fourth-order valence-corrected chi connectivity index (χ4v) is 3.26. The molecule has 1 saturated heterocycles. The summed E-state index contributed by atoms with van der Waals surface area (Å²) in [7, 11) is 1.70. The smallest absolute Gasteiger partial charge is 0.245 e. The molecule has 2 amide bonds. The number of rotatable bonds is 4. The SMILES string of the molecule is CCc1cccc(-c2ccc(C[C@H]3C(=O)NC(C)C(=O)N3C)cc2)c1. The Balaban J connectivity index is 1.76. The third-order valence-corrected chi connectivity index (χ3v) is 4.90. The zero-order valence-electron chi connectivity index (χ0n) is 15.0. The molecule has 1 aliphatic heterocycles. The van der Waals surface area contributed by atoms with Crippen LogP contribution < -0.4 is 5.32 Å². The Morgan fingerprint density at radius 2 is 1.72 bits per heavy atom. The van der Waals surface area contributed by atoms with Gasteiger partial charge >= 0.3 is 0 Å². The number of nitrogens with zero attached hydrogens (tertiary/aromatic N) is 1. The molecule has 0 spiro atoms. The largest absolute Gasteiger partial charge is 0.343 e. The van der Waals surface area contributed by atoms with Gasteiger partial charge in [-0.05, 0) is 35.6 Å². The van der Waals surface area contributed by atoms with Gasteiger partial charge in [0.2, 0.25) is 11.8 Å². The number of likely N-dealkylation sites (N-methyl/N-ethyl adjacent to an activating group) is 1. The predicted molar refractivity (Wildman–Crippen MR) is 99.1 cm³/mol. The first-order valence-corrected chi connectivity index (χ1v) is 8.75. The van der Waals surface area contributed by atoms with Crippen molar-refractivity contribution in [2.75, 3.05) is 7.05 Å². The number of carbonyl (C=O) groups excluding carboxylic acids is 2. The highest BCUT2D eigenvalue weighted by Crippen LogP contribution is 2.22. The van der Waals surface area contributed by atoms with Gasteiger partial charge in [0.15, 0.2) is 0 Å². The van der Waals surface area contributed by atoms with E-state index >= 15 is 0 Å². The predicted octanol–water partition coefficient (Wildman–Crippen LogP) is 2.80. The van der Waals surface area contributed by atoms with Crippen molar-refractivity contribution in [1.82, 2.24) is 10.2 Å². The molecule has 2 atom stereocenters. The maximum atomic E-state index is 12.2. The Morgan fingerprint density at radius 3 is 2.40 bits per heavy atom. The van der Waals surface area contributed by atoms with Crippen molar-refractivity contribution in [1.29, 1.82) is 0 Å². The van der Waals surface area contributed by atoms with Crippen LogP contribution in [0.1, 0.15) is 25.0 Å². The van der Waals surface area contributed by atoms with E-state index in [1.54, 1.807) is 18.9 Å². The Morgan fingerprint density at radius 1 is 1.00 bits per heavy atom. The van der Waals surface area contributed by atoms with Crippen LogP contribution in [0.15, 0.2) is 48.5 Å². The van der Waals surface area contributed by atoms with Gasteiger partial charge in [-0.3, -0.25) is 9.59 Å². The number of carbonyl (C=O) groups is 2. The number of aryl methyl sites for hydroxylation is 1. The van der Waals surface area contributed by atoms with E-state index in [9.17, 15) is 9.59 Å². The Hall–Kier alpha value is -2.62. The molecule has 1 N–H and O–H groups in total. The third-order valence-electron chi connectivity index (χ3n) is 4.90. The van der Waals surface area contributed by atoms with Gasteiger partial charge in [-0.25, -0.2) is 0 Å². The van der Waals surface area contributed by atoms with Gasteiger partial charge in [0.1, 0.15) is 12.1 Å². The number of benzene rings is 2. The molecule has 4 heteroatoms. The average molecular weight is 336 g/mol. The maximum absolute atomic E-state index is 12.2. The molecule has 3 rings (SSSR count). The molecule has 2 aromatic carbocycles. The highest BCUT2D eigenvalue weighted by Gasteiger charge is 2.35. The molecule has 0 radical (unpaired) electrons. The van der Waals surface area contributed by atoms with Crippen molar-refractivity contribution in [3.63, 3.8) is 0 Å². The van der Waals surface area contributed by atoms with Gasteiger partial charge in [0.25, 0.3) is 0 Å². The van der Waals surface area contributed by atoms with Gasteiger partial charge in [0.05, 0.1) is 0 Å². The fourth-order valence-electron chi connectivity index (χ4n) is 3.26. The summed E-state index contributed by atoms with van der Waals surface area (Å²) >= 11 is 0. The lowest BCUT2D eigenvalue weighted by Gasteiger charge is -2.35. The van der Waals surface area contributed by atoms with Gasteiger partial charge in [0, 0.05) is 13.5 Å². The number of nitrogens with one attached hydrogen (secondary N) is 1. The number of hydrogen-bond acceptors (Lipinski definition) is 2. The van der Waals surface area contributed by atoms with E-state index in [1.807, 2.05) is 12.1 Å². The fraction of sp³-hybridized carbons (Fsp3) is 0.333. The zero-order chi connectivity index (χ0) is 18.0. The van der Waals surface area contributed by atoms with Gasteiger partial charge < -0.3 is 10.2 Å². The second-order valence-electron chi connectivity index (χ2n) is 6.65. The van der Waals surface area contributed by atoms with Crippen LogP contribution in [0.2, 0.25) is 0 Å². The molecule has 0 saturated carbocycles. The first-order valence-electron chi connectivity index (χ1n) is 8.75. The van der Waals surface area contributed by atoms with E-state index in [4.69, 9.17) is 0 Å². The molecule has 0 bridgehead atoms. The molecule has 0 aromatic heterocycles. The average Bonchev–Trinajstić information content (AvgIpc) is 2.64. The summed E-state index contributed by atoms with van der Waals surface area (Å²) in [6, 6.07) is 15.9. The molecule has 1 fully saturated rings. The van der Waals surface area contributed by atoms with Crippen LogP contribution in [0.4, 0.5) is 0 Å². The van der Waals surface area contributed by atoms with Crippen molar-refractivity contribution in [2.24, 2.45) is 0 Å². The topological polar surface area (TPSA) is 49.4 Å². The number of hydrogen-bond donors (Lipinski definition) is 1. The minimum atomic E-state index is -0.446. The Labute approximate surface area is 148 Å². The second-order valence-corrected chi connectivity index (χ2v) is 6.65. The molecule has 4 nitrogen and oxygen atoms in total. The lowest BCUT2D eigenvalue weighted by atomic mass is 9.97. The van der Waals surface area contributed by atoms with Crippen LogP contribution in [0.5, 0.6) is 0 Å². The maximum Gasteiger partial charge on any atom is 0.245 e. The van der Waals surface area contributed by atoms with Gasteiger partial charge in [-0.1, -0.05) is 55.5 Å². The quantitative estimate of drug-likeness (QED) is 0.933. The molecular weight excluding hydrogens is 312 g/mol. The Bertz CT molecular complexity index is 783. The zero-order valence-corrected chi connectivity index (χ0v) is 15.0. The van der Waals surface area contributed by atoms with Crippen molar-refractivity contribution in [2.45, 2.75) is 38.8 Å². The van der Waals surface area contributed by atoms with Crippen LogP contribution in [-0.2, 0) is 22.4 Å². The standard InChI is InChI=1S/C21H24N2O2/c1-4-15-6-5-7-18(12-15)17-10-8-16(9-11-17)13-19-20(24)22-14(2)21(25)23(19)3/h5-12,14,19H,4,13H2,1-3H3,(H,22,24)/t14?,19-/m0/s1. The first-order chi connectivity index (χ1) is 12.0. The summed E-state index contributed by atoms with van der Waals surface area (Å²) in [5, 5.41) is 2.75. The molecule has 130 valence electrons. The lowest BCUT2D eigenvalue weighted by molar-refractivity contribution is -0.147. The first kappa shape index (κ1) is 17.2. The third kappa shape index (κ3) is 3.58. The number of piperazine rings is 1. The van der Waals surface area contributed by atoms with E-state index in [-0.39, 0.29) is 11.8 Å². The van der Waals surface area contributed by atoms with Crippen molar-refractivity contribution < 1.29 is 9.59 Å².